The summed E-state index contributed by atoms with van der Waals surface area (Å²) in [6.45, 7) is 4.21. The molecule has 17 heavy (non-hydrogen) atoms. The lowest BCUT2D eigenvalue weighted by molar-refractivity contribution is 0.155. The molecule has 0 aromatic carbocycles. The van der Waals surface area contributed by atoms with Crippen LogP contribution in [0.2, 0.25) is 0 Å². The lowest BCUT2D eigenvalue weighted by atomic mass is 10.1. The summed E-state index contributed by atoms with van der Waals surface area (Å²) in [5.74, 6) is 0.817. The van der Waals surface area contributed by atoms with Crippen molar-refractivity contribution in [3.05, 3.63) is 18.1 Å². The molecule has 0 radical (unpaired) electrons. The molecule has 0 N–H and O–H groups in total. The van der Waals surface area contributed by atoms with Crippen molar-refractivity contribution < 1.29 is 8.78 Å². The van der Waals surface area contributed by atoms with E-state index in [0.29, 0.717) is 17.7 Å². The van der Waals surface area contributed by atoms with Crippen molar-refractivity contribution in [2.24, 2.45) is 0 Å². The zero-order valence-corrected chi connectivity index (χ0v) is 11.5. The number of halogens is 3. The number of anilines is 1. The van der Waals surface area contributed by atoms with Crippen LogP contribution in [0.1, 0.15) is 25.5 Å². The molecule has 0 aliphatic rings. The van der Waals surface area contributed by atoms with Crippen molar-refractivity contribution in [2.75, 3.05) is 23.3 Å². The molecule has 0 saturated heterocycles. The fraction of sp³-hybridized carbons (Fsp3) is 0.636. The van der Waals surface area contributed by atoms with E-state index >= 15 is 0 Å². The summed E-state index contributed by atoms with van der Waals surface area (Å²) in [6, 6.07) is 1.77. The Labute approximate surface area is 108 Å². The van der Waals surface area contributed by atoms with Crippen LogP contribution in [0.5, 0.6) is 0 Å². The van der Waals surface area contributed by atoms with Gasteiger partial charge in [-0.2, -0.15) is 0 Å². The number of nitrogens with zero attached hydrogens (tertiary/aromatic N) is 3. The van der Waals surface area contributed by atoms with E-state index in [0.717, 1.165) is 5.69 Å². The lowest BCUT2D eigenvalue weighted by Crippen LogP contribution is -2.31. The molecule has 1 aromatic rings. The summed E-state index contributed by atoms with van der Waals surface area (Å²) < 4.78 is 24.9. The zero-order chi connectivity index (χ0) is 12.8. The van der Waals surface area contributed by atoms with E-state index in [9.17, 15) is 8.78 Å². The first-order valence-electron chi connectivity index (χ1n) is 5.45. The first-order valence-corrected chi connectivity index (χ1v) is 6.57. The van der Waals surface area contributed by atoms with Crippen molar-refractivity contribution in [1.82, 2.24) is 9.97 Å². The second-order valence-corrected chi connectivity index (χ2v) is 4.77. The van der Waals surface area contributed by atoms with E-state index in [2.05, 4.69) is 25.9 Å². The van der Waals surface area contributed by atoms with E-state index in [4.69, 9.17) is 0 Å². The van der Waals surface area contributed by atoms with Crippen LogP contribution in [0, 0.1) is 0 Å². The molecule has 0 saturated carbocycles. The summed E-state index contributed by atoms with van der Waals surface area (Å²) in [7, 11) is 0. The molecule has 0 fully saturated rings. The van der Waals surface area contributed by atoms with Crippen LogP contribution in [-0.2, 0) is 0 Å². The second kappa shape index (κ2) is 6.83. The number of aromatic nitrogens is 2. The molecule has 0 spiro atoms. The monoisotopic (exact) mass is 307 g/mol. The first-order chi connectivity index (χ1) is 8.04. The smallest absolute Gasteiger partial charge is 0.255 e. The lowest BCUT2D eigenvalue weighted by Gasteiger charge is -2.22. The largest absolute Gasteiger partial charge is 0.350 e. The van der Waals surface area contributed by atoms with Crippen LogP contribution >= 0.6 is 15.9 Å². The van der Waals surface area contributed by atoms with Crippen molar-refractivity contribution in [3.63, 3.8) is 0 Å². The van der Waals surface area contributed by atoms with Crippen LogP contribution < -0.4 is 4.90 Å². The van der Waals surface area contributed by atoms with Crippen molar-refractivity contribution in [1.29, 1.82) is 0 Å². The topological polar surface area (TPSA) is 29.0 Å². The molecule has 3 nitrogen and oxygen atoms in total. The third-order valence-electron chi connectivity index (χ3n) is 2.30. The highest BCUT2D eigenvalue weighted by Gasteiger charge is 2.14. The highest BCUT2D eigenvalue weighted by Crippen LogP contribution is 2.18. The molecule has 0 aliphatic heterocycles. The van der Waals surface area contributed by atoms with E-state index in [1.165, 1.54) is 6.33 Å². The molecule has 0 unspecified atom stereocenters. The van der Waals surface area contributed by atoms with Crippen molar-refractivity contribution in [2.45, 2.75) is 26.2 Å². The maximum absolute atomic E-state index is 12.5. The fourth-order valence-corrected chi connectivity index (χ4v) is 1.85. The fourth-order valence-electron chi connectivity index (χ4n) is 1.42. The van der Waals surface area contributed by atoms with Gasteiger partial charge < -0.3 is 4.90 Å². The van der Waals surface area contributed by atoms with Gasteiger partial charge in [-0.1, -0.05) is 29.8 Å². The summed E-state index contributed by atoms with van der Waals surface area (Å²) in [5.41, 5.74) is 0.865. The van der Waals surface area contributed by atoms with Crippen LogP contribution in [0.25, 0.3) is 0 Å². The van der Waals surface area contributed by atoms with Gasteiger partial charge in [0, 0.05) is 23.6 Å². The molecule has 0 amide bonds. The summed E-state index contributed by atoms with van der Waals surface area (Å²) in [4.78, 5) is 9.74. The van der Waals surface area contributed by atoms with E-state index < -0.39 is 6.43 Å². The maximum Gasteiger partial charge on any atom is 0.255 e. The van der Waals surface area contributed by atoms with Gasteiger partial charge in [0.1, 0.15) is 12.1 Å². The van der Waals surface area contributed by atoms with Crippen LogP contribution in [-0.4, -0.2) is 34.8 Å². The SMILES string of the molecule is CC(C)c1cc(N(CCBr)CC(F)F)ncn1. The average Bonchev–Trinajstić information content (AvgIpc) is 2.28. The number of alkyl halides is 3. The van der Waals surface area contributed by atoms with Crippen molar-refractivity contribution in [3.8, 4) is 0 Å². The Morgan fingerprint density at radius 1 is 1.35 bits per heavy atom. The Bertz CT molecular complexity index is 347. The quantitative estimate of drug-likeness (QED) is 0.756. The Balaban J connectivity index is 2.88. The van der Waals surface area contributed by atoms with Gasteiger partial charge in [-0.15, -0.1) is 0 Å². The molecule has 0 aliphatic carbocycles. The highest BCUT2D eigenvalue weighted by molar-refractivity contribution is 9.09. The number of hydrogen-bond donors (Lipinski definition) is 0. The molecular weight excluding hydrogens is 292 g/mol. The molecule has 0 atom stereocenters. The van der Waals surface area contributed by atoms with Gasteiger partial charge in [0.2, 0.25) is 0 Å². The van der Waals surface area contributed by atoms with Crippen molar-refractivity contribution >= 4 is 21.7 Å². The maximum atomic E-state index is 12.5. The van der Waals surface area contributed by atoms with E-state index in [1.54, 1.807) is 11.0 Å². The van der Waals surface area contributed by atoms with E-state index in [1.807, 2.05) is 13.8 Å². The Morgan fingerprint density at radius 3 is 2.59 bits per heavy atom. The van der Waals surface area contributed by atoms with Gasteiger partial charge in [0.05, 0.1) is 6.54 Å². The minimum absolute atomic E-state index is 0.258. The number of rotatable bonds is 6. The Hall–Kier alpha value is -0.780. The van der Waals surface area contributed by atoms with Crippen LogP contribution in [0.4, 0.5) is 14.6 Å². The molecule has 96 valence electrons. The molecule has 6 heteroatoms. The Morgan fingerprint density at radius 2 is 2.06 bits per heavy atom. The minimum Gasteiger partial charge on any atom is -0.350 e. The first kappa shape index (κ1) is 14.3. The number of hydrogen-bond acceptors (Lipinski definition) is 3. The summed E-state index contributed by atoms with van der Waals surface area (Å²) in [6.07, 6.45) is -0.941. The minimum atomic E-state index is -2.37. The van der Waals surface area contributed by atoms with Gasteiger partial charge in [-0.25, -0.2) is 18.7 Å². The average molecular weight is 308 g/mol. The normalized spacial score (nSPS) is 11.2. The van der Waals surface area contributed by atoms with Crippen LogP contribution in [0.15, 0.2) is 12.4 Å². The van der Waals surface area contributed by atoms with Gasteiger partial charge in [-0.05, 0) is 5.92 Å². The van der Waals surface area contributed by atoms with Gasteiger partial charge >= 0.3 is 0 Å². The highest BCUT2D eigenvalue weighted by atomic mass is 79.9. The zero-order valence-electron chi connectivity index (χ0n) is 9.91. The predicted octanol–water partition coefficient (Wildman–Crippen LogP) is 3.07. The third-order valence-corrected chi connectivity index (χ3v) is 2.66. The standard InChI is InChI=1S/C11H16BrF2N3/c1-8(2)9-5-11(16-7-15-9)17(4-3-12)6-10(13)14/h5,7-8,10H,3-4,6H2,1-2H3. The molecule has 1 aromatic heterocycles. The molecular formula is C11H16BrF2N3. The second-order valence-electron chi connectivity index (χ2n) is 3.98. The predicted molar refractivity (Wildman–Crippen MR) is 68.1 cm³/mol. The molecule has 0 bridgehead atoms. The summed E-state index contributed by atoms with van der Waals surface area (Å²) in [5, 5.41) is 0.626. The van der Waals surface area contributed by atoms with E-state index in [-0.39, 0.29) is 12.5 Å². The molecule has 1 heterocycles. The van der Waals surface area contributed by atoms with Crippen LogP contribution in [0.3, 0.4) is 0 Å². The van der Waals surface area contributed by atoms with Gasteiger partial charge in [0.15, 0.2) is 0 Å². The Kier molecular flexibility index (Phi) is 5.74. The summed E-state index contributed by atoms with van der Waals surface area (Å²) >= 11 is 3.25. The van der Waals surface area contributed by atoms with Gasteiger partial charge in [0.25, 0.3) is 6.43 Å². The third kappa shape index (κ3) is 4.53. The van der Waals surface area contributed by atoms with Gasteiger partial charge in [-0.3, -0.25) is 0 Å². The molecule has 1 rings (SSSR count).